The molecule has 2 aromatic carbocycles. The molecule has 4 nitrogen and oxygen atoms in total. The van der Waals surface area contributed by atoms with Gasteiger partial charge in [-0.05, 0) is 24.3 Å². The molecular weight excluding hydrogens is 248 g/mol. The standard InChI is InChI=1S/C16H16N4/c1-19-9-10-20(14-7-3-2-6-13(14)19)15-8-4-5-12(11-17)16(15)18/h2-8H,9-10,18H2,1H3. The molecule has 0 radical (unpaired) electrons. The van der Waals surface area contributed by atoms with E-state index in [0.29, 0.717) is 11.3 Å². The highest BCUT2D eigenvalue weighted by Crippen LogP contribution is 2.39. The largest absolute Gasteiger partial charge is 0.396 e. The van der Waals surface area contributed by atoms with E-state index >= 15 is 0 Å². The summed E-state index contributed by atoms with van der Waals surface area (Å²) in [4.78, 5) is 4.42. The molecule has 100 valence electrons. The van der Waals surface area contributed by atoms with Gasteiger partial charge in [-0.25, -0.2) is 0 Å². The monoisotopic (exact) mass is 264 g/mol. The Bertz CT molecular complexity index is 687. The summed E-state index contributed by atoms with van der Waals surface area (Å²) in [5, 5.41) is 9.12. The summed E-state index contributed by atoms with van der Waals surface area (Å²) in [6.45, 7) is 1.78. The number of nitrogen functional groups attached to an aromatic ring is 1. The van der Waals surface area contributed by atoms with E-state index in [1.807, 2.05) is 24.3 Å². The van der Waals surface area contributed by atoms with Crippen LogP contribution in [0.3, 0.4) is 0 Å². The Morgan fingerprint density at radius 2 is 1.70 bits per heavy atom. The second kappa shape index (κ2) is 4.78. The lowest BCUT2D eigenvalue weighted by atomic mass is 10.1. The van der Waals surface area contributed by atoms with E-state index in [2.05, 4.69) is 35.0 Å². The maximum absolute atomic E-state index is 9.12. The molecule has 2 aromatic rings. The predicted molar refractivity (Wildman–Crippen MR) is 82.3 cm³/mol. The number of para-hydroxylation sites is 3. The molecule has 1 aliphatic rings. The van der Waals surface area contributed by atoms with Crippen LogP contribution < -0.4 is 15.5 Å². The Morgan fingerprint density at radius 1 is 1.00 bits per heavy atom. The third-order valence-corrected chi connectivity index (χ3v) is 3.74. The Labute approximate surface area is 118 Å². The van der Waals surface area contributed by atoms with E-state index in [1.165, 1.54) is 5.69 Å². The zero-order valence-corrected chi connectivity index (χ0v) is 11.4. The molecule has 0 unspecified atom stereocenters. The fraction of sp³-hybridized carbons (Fsp3) is 0.188. The van der Waals surface area contributed by atoms with Gasteiger partial charge in [-0.3, -0.25) is 0 Å². The summed E-state index contributed by atoms with van der Waals surface area (Å²) in [5.41, 5.74) is 10.4. The van der Waals surface area contributed by atoms with Crippen LogP contribution in [0.4, 0.5) is 22.7 Å². The average Bonchev–Trinajstić information content (AvgIpc) is 2.49. The first-order valence-corrected chi connectivity index (χ1v) is 6.58. The maximum Gasteiger partial charge on any atom is 0.101 e. The number of nitrogens with two attached hydrogens (primary N) is 1. The number of fused-ring (bicyclic) bond motifs is 1. The molecule has 0 bridgehead atoms. The molecule has 0 aromatic heterocycles. The number of hydrogen-bond acceptors (Lipinski definition) is 4. The summed E-state index contributed by atoms with van der Waals surface area (Å²) in [5.74, 6) is 0. The summed E-state index contributed by atoms with van der Waals surface area (Å²) in [6, 6.07) is 16.0. The number of benzene rings is 2. The molecule has 4 heteroatoms. The minimum Gasteiger partial charge on any atom is -0.396 e. The zero-order chi connectivity index (χ0) is 14.1. The quantitative estimate of drug-likeness (QED) is 0.805. The number of anilines is 4. The molecule has 3 rings (SSSR count). The van der Waals surface area contributed by atoms with Crippen molar-refractivity contribution in [1.82, 2.24) is 0 Å². The molecule has 0 saturated carbocycles. The van der Waals surface area contributed by atoms with Crippen molar-refractivity contribution in [2.75, 3.05) is 35.7 Å². The van der Waals surface area contributed by atoms with Crippen molar-refractivity contribution >= 4 is 22.7 Å². The van der Waals surface area contributed by atoms with Gasteiger partial charge in [0.2, 0.25) is 0 Å². The van der Waals surface area contributed by atoms with Gasteiger partial charge in [-0.15, -0.1) is 0 Å². The van der Waals surface area contributed by atoms with Crippen molar-refractivity contribution < 1.29 is 0 Å². The van der Waals surface area contributed by atoms with Gasteiger partial charge in [0.25, 0.3) is 0 Å². The van der Waals surface area contributed by atoms with Gasteiger partial charge in [-0.1, -0.05) is 18.2 Å². The summed E-state index contributed by atoms with van der Waals surface area (Å²) in [7, 11) is 2.09. The van der Waals surface area contributed by atoms with Gasteiger partial charge in [0.1, 0.15) is 6.07 Å². The normalized spacial score (nSPS) is 13.8. The molecule has 2 N–H and O–H groups in total. The van der Waals surface area contributed by atoms with Crippen LogP contribution >= 0.6 is 0 Å². The van der Waals surface area contributed by atoms with Crippen LogP contribution in [0.5, 0.6) is 0 Å². The van der Waals surface area contributed by atoms with Crippen molar-refractivity contribution in [1.29, 1.82) is 5.26 Å². The van der Waals surface area contributed by atoms with Crippen LogP contribution in [0.15, 0.2) is 42.5 Å². The van der Waals surface area contributed by atoms with Crippen LogP contribution in [0, 0.1) is 11.3 Å². The van der Waals surface area contributed by atoms with Crippen molar-refractivity contribution in [2.24, 2.45) is 0 Å². The van der Waals surface area contributed by atoms with Crippen LogP contribution in [0.1, 0.15) is 5.56 Å². The van der Waals surface area contributed by atoms with Crippen LogP contribution in [-0.4, -0.2) is 20.1 Å². The average molecular weight is 264 g/mol. The highest BCUT2D eigenvalue weighted by atomic mass is 15.3. The maximum atomic E-state index is 9.12. The van der Waals surface area contributed by atoms with E-state index < -0.39 is 0 Å². The second-order valence-corrected chi connectivity index (χ2v) is 4.91. The molecule has 0 saturated heterocycles. The lowest BCUT2D eigenvalue weighted by molar-refractivity contribution is 0.823. The van der Waals surface area contributed by atoms with Gasteiger partial charge in [-0.2, -0.15) is 5.26 Å². The summed E-state index contributed by atoms with van der Waals surface area (Å²) < 4.78 is 0. The Kier molecular flexibility index (Phi) is 2.96. The van der Waals surface area contributed by atoms with Crippen molar-refractivity contribution in [3.63, 3.8) is 0 Å². The van der Waals surface area contributed by atoms with E-state index in [-0.39, 0.29) is 0 Å². The number of nitrogens with zero attached hydrogens (tertiary/aromatic N) is 3. The van der Waals surface area contributed by atoms with Crippen molar-refractivity contribution in [3.05, 3.63) is 48.0 Å². The molecule has 1 aliphatic heterocycles. The summed E-state index contributed by atoms with van der Waals surface area (Å²) >= 11 is 0. The minimum absolute atomic E-state index is 0.527. The first-order chi connectivity index (χ1) is 9.72. The van der Waals surface area contributed by atoms with E-state index in [0.717, 1.165) is 24.5 Å². The molecule has 0 atom stereocenters. The molecule has 1 heterocycles. The van der Waals surface area contributed by atoms with Gasteiger partial charge in [0.15, 0.2) is 0 Å². The smallest absolute Gasteiger partial charge is 0.101 e. The number of rotatable bonds is 1. The lowest BCUT2D eigenvalue weighted by Gasteiger charge is -2.37. The van der Waals surface area contributed by atoms with Crippen LogP contribution in [0.2, 0.25) is 0 Å². The third kappa shape index (κ3) is 1.84. The first-order valence-electron chi connectivity index (χ1n) is 6.58. The molecule has 0 aliphatic carbocycles. The Morgan fingerprint density at radius 3 is 2.45 bits per heavy atom. The lowest BCUT2D eigenvalue weighted by Crippen LogP contribution is -2.36. The van der Waals surface area contributed by atoms with E-state index in [1.54, 1.807) is 6.07 Å². The van der Waals surface area contributed by atoms with Gasteiger partial charge >= 0.3 is 0 Å². The molecule has 0 fully saturated rings. The number of likely N-dealkylation sites (N-methyl/N-ethyl adjacent to an activating group) is 1. The molecule has 0 amide bonds. The highest BCUT2D eigenvalue weighted by Gasteiger charge is 2.22. The van der Waals surface area contributed by atoms with Gasteiger partial charge in [0, 0.05) is 20.1 Å². The summed E-state index contributed by atoms with van der Waals surface area (Å²) in [6.07, 6.45) is 0. The van der Waals surface area contributed by atoms with Crippen molar-refractivity contribution in [2.45, 2.75) is 0 Å². The minimum atomic E-state index is 0.527. The second-order valence-electron chi connectivity index (χ2n) is 4.91. The van der Waals surface area contributed by atoms with Gasteiger partial charge in [0.05, 0.1) is 28.3 Å². The van der Waals surface area contributed by atoms with Gasteiger partial charge < -0.3 is 15.5 Å². The molecule has 0 spiro atoms. The predicted octanol–water partition coefficient (Wildman–Crippen LogP) is 2.73. The zero-order valence-electron chi connectivity index (χ0n) is 11.4. The number of hydrogen-bond donors (Lipinski definition) is 1. The van der Waals surface area contributed by atoms with E-state index in [4.69, 9.17) is 11.0 Å². The SMILES string of the molecule is CN1CCN(c2cccc(C#N)c2N)c2ccccc21. The molecule has 20 heavy (non-hydrogen) atoms. The van der Waals surface area contributed by atoms with Crippen LogP contribution in [-0.2, 0) is 0 Å². The highest BCUT2D eigenvalue weighted by molar-refractivity contribution is 5.85. The Hall–Kier alpha value is -2.67. The van der Waals surface area contributed by atoms with E-state index in [9.17, 15) is 0 Å². The molecular formula is C16H16N4. The number of nitriles is 1. The fourth-order valence-corrected chi connectivity index (χ4v) is 2.64. The first kappa shape index (κ1) is 12.4. The topological polar surface area (TPSA) is 56.3 Å². The fourth-order valence-electron chi connectivity index (χ4n) is 2.64. The third-order valence-electron chi connectivity index (χ3n) is 3.74. The van der Waals surface area contributed by atoms with Crippen LogP contribution in [0.25, 0.3) is 0 Å². The Balaban J connectivity index is 2.13. The van der Waals surface area contributed by atoms with Crippen molar-refractivity contribution in [3.8, 4) is 6.07 Å².